The van der Waals surface area contributed by atoms with E-state index in [0.29, 0.717) is 5.92 Å². The van der Waals surface area contributed by atoms with Crippen molar-refractivity contribution >= 4 is 16.0 Å². The van der Waals surface area contributed by atoms with Gasteiger partial charge in [-0.05, 0) is 19.3 Å². The van der Waals surface area contributed by atoms with Crippen LogP contribution in [0.5, 0.6) is 0 Å². The average molecular weight is 265 g/mol. The van der Waals surface area contributed by atoms with Crippen molar-refractivity contribution in [1.29, 1.82) is 0 Å². The lowest BCUT2D eigenvalue weighted by Crippen LogP contribution is -2.38. The molecule has 0 spiro atoms. The SMILES string of the molecule is CCC(C)C(C)NS(=O)(=O)CCCC(=O)OC. The summed E-state index contributed by atoms with van der Waals surface area (Å²) in [6, 6.07) is -0.0804. The van der Waals surface area contributed by atoms with Crippen LogP contribution in [0.15, 0.2) is 0 Å². The summed E-state index contributed by atoms with van der Waals surface area (Å²) in [4.78, 5) is 10.8. The first kappa shape index (κ1) is 16.4. The normalized spacial score (nSPS) is 15.3. The lowest BCUT2D eigenvalue weighted by molar-refractivity contribution is -0.140. The Morgan fingerprint density at radius 2 is 1.94 bits per heavy atom. The Morgan fingerprint density at radius 1 is 1.35 bits per heavy atom. The molecule has 0 aromatic heterocycles. The van der Waals surface area contributed by atoms with Gasteiger partial charge in [0.05, 0.1) is 12.9 Å². The molecule has 0 rings (SSSR count). The zero-order chi connectivity index (χ0) is 13.5. The number of esters is 1. The van der Waals surface area contributed by atoms with Gasteiger partial charge in [0.15, 0.2) is 0 Å². The van der Waals surface area contributed by atoms with Crippen LogP contribution in [0.1, 0.15) is 40.0 Å². The van der Waals surface area contributed by atoms with E-state index in [-0.39, 0.29) is 30.6 Å². The van der Waals surface area contributed by atoms with E-state index in [1.807, 2.05) is 20.8 Å². The summed E-state index contributed by atoms with van der Waals surface area (Å²) in [5.74, 6) is -0.122. The highest BCUT2D eigenvalue weighted by Crippen LogP contribution is 2.08. The molecule has 0 aliphatic heterocycles. The van der Waals surface area contributed by atoms with Gasteiger partial charge in [-0.1, -0.05) is 20.3 Å². The molecule has 2 atom stereocenters. The van der Waals surface area contributed by atoms with E-state index >= 15 is 0 Å². The van der Waals surface area contributed by atoms with Gasteiger partial charge in [0.25, 0.3) is 0 Å². The van der Waals surface area contributed by atoms with Gasteiger partial charge in [0.2, 0.25) is 10.0 Å². The number of nitrogens with one attached hydrogen (secondary N) is 1. The zero-order valence-electron chi connectivity index (χ0n) is 11.0. The Kier molecular flexibility index (Phi) is 7.38. The van der Waals surface area contributed by atoms with E-state index < -0.39 is 10.0 Å². The molecule has 2 unspecified atom stereocenters. The number of hydrogen-bond acceptors (Lipinski definition) is 4. The van der Waals surface area contributed by atoms with E-state index in [9.17, 15) is 13.2 Å². The van der Waals surface area contributed by atoms with Crippen molar-refractivity contribution in [2.75, 3.05) is 12.9 Å². The van der Waals surface area contributed by atoms with E-state index in [1.54, 1.807) is 0 Å². The van der Waals surface area contributed by atoms with Gasteiger partial charge >= 0.3 is 5.97 Å². The van der Waals surface area contributed by atoms with Crippen molar-refractivity contribution in [3.8, 4) is 0 Å². The maximum absolute atomic E-state index is 11.7. The number of carbonyl (C=O) groups excluding carboxylic acids is 1. The molecule has 5 nitrogen and oxygen atoms in total. The summed E-state index contributed by atoms with van der Waals surface area (Å²) in [7, 11) is -2.01. The molecule has 0 aromatic carbocycles. The van der Waals surface area contributed by atoms with Crippen molar-refractivity contribution in [1.82, 2.24) is 4.72 Å². The molecule has 17 heavy (non-hydrogen) atoms. The summed E-state index contributed by atoms with van der Waals surface area (Å²) < 4.78 is 30.4. The fraction of sp³-hybridized carbons (Fsp3) is 0.909. The predicted molar refractivity (Wildman–Crippen MR) is 67.1 cm³/mol. The number of carbonyl (C=O) groups is 1. The van der Waals surface area contributed by atoms with E-state index in [1.165, 1.54) is 7.11 Å². The number of sulfonamides is 1. The molecule has 0 saturated heterocycles. The summed E-state index contributed by atoms with van der Waals surface area (Å²) in [6.45, 7) is 5.88. The van der Waals surface area contributed by atoms with Crippen LogP contribution in [-0.2, 0) is 19.6 Å². The second kappa shape index (κ2) is 7.66. The largest absolute Gasteiger partial charge is 0.469 e. The Hall–Kier alpha value is -0.620. The van der Waals surface area contributed by atoms with Crippen molar-refractivity contribution in [3.63, 3.8) is 0 Å². The van der Waals surface area contributed by atoms with E-state index in [2.05, 4.69) is 9.46 Å². The first-order valence-corrected chi connectivity index (χ1v) is 7.54. The molecular formula is C11H23NO4S. The van der Waals surface area contributed by atoms with Crippen LogP contribution in [0.25, 0.3) is 0 Å². The second-order valence-corrected chi connectivity index (χ2v) is 6.16. The van der Waals surface area contributed by atoms with Crippen LogP contribution in [0.3, 0.4) is 0 Å². The lowest BCUT2D eigenvalue weighted by Gasteiger charge is -2.19. The van der Waals surface area contributed by atoms with Gasteiger partial charge < -0.3 is 4.74 Å². The molecule has 0 heterocycles. The van der Waals surface area contributed by atoms with Gasteiger partial charge in [-0.15, -0.1) is 0 Å². The van der Waals surface area contributed by atoms with Gasteiger partial charge in [0, 0.05) is 12.5 Å². The third-order valence-electron chi connectivity index (χ3n) is 2.88. The van der Waals surface area contributed by atoms with Gasteiger partial charge in [0.1, 0.15) is 0 Å². The van der Waals surface area contributed by atoms with Crippen LogP contribution in [0.4, 0.5) is 0 Å². The standard InChI is InChI=1S/C11H23NO4S/c1-5-9(2)10(3)12-17(14,15)8-6-7-11(13)16-4/h9-10,12H,5-8H2,1-4H3. The summed E-state index contributed by atoms with van der Waals surface area (Å²) in [5, 5.41) is 0. The molecule has 0 radical (unpaired) electrons. The van der Waals surface area contributed by atoms with E-state index in [4.69, 9.17) is 0 Å². The molecule has 0 amide bonds. The monoisotopic (exact) mass is 265 g/mol. The number of methoxy groups -OCH3 is 1. The number of hydrogen-bond donors (Lipinski definition) is 1. The third-order valence-corrected chi connectivity index (χ3v) is 4.44. The van der Waals surface area contributed by atoms with Crippen molar-refractivity contribution < 1.29 is 17.9 Å². The molecule has 102 valence electrons. The van der Waals surface area contributed by atoms with Crippen LogP contribution in [-0.4, -0.2) is 33.3 Å². The molecule has 0 fully saturated rings. The molecule has 6 heteroatoms. The topological polar surface area (TPSA) is 72.5 Å². The molecular weight excluding hydrogens is 242 g/mol. The summed E-state index contributed by atoms with van der Waals surface area (Å²) in [6.07, 6.45) is 1.34. The highest BCUT2D eigenvalue weighted by Gasteiger charge is 2.18. The first-order valence-electron chi connectivity index (χ1n) is 5.89. The Morgan fingerprint density at radius 3 is 2.41 bits per heavy atom. The predicted octanol–water partition coefficient (Wildman–Crippen LogP) is 1.29. The second-order valence-electron chi connectivity index (χ2n) is 4.29. The van der Waals surface area contributed by atoms with Crippen molar-refractivity contribution in [2.24, 2.45) is 5.92 Å². The van der Waals surface area contributed by atoms with Gasteiger partial charge in [-0.2, -0.15) is 0 Å². The Bertz CT molecular complexity index is 326. The molecule has 1 N–H and O–H groups in total. The van der Waals surface area contributed by atoms with Crippen LogP contribution >= 0.6 is 0 Å². The third kappa shape index (κ3) is 7.33. The minimum absolute atomic E-state index is 0.0388. The molecule has 0 saturated carbocycles. The Labute approximate surface area is 104 Å². The summed E-state index contributed by atoms with van der Waals surface area (Å²) in [5.41, 5.74) is 0. The molecule has 0 aromatic rings. The maximum atomic E-state index is 11.7. The molecule has 0 bridgehead atoms. The lowest BCUT2D eigenvalue weighted by atomic mass is 10.0. The van der Waals surface area contributed by atoms with Crippen molar-refractivity contribution in [2.45, 2.75) is 46.1 Å². The molecule has 0 aliphatic rings. The minimum atomic E-state index is -3.30. The minimum Gasteiger partial charge on any atom is -0.469 e. The Balaban J connectivity index is 4.08. The van der Waals surface area contributed by atoms with Crippen LogP contribution < -0.4 is 4.72 Å². The van der Waals surface area contributed by atoms with Crippen LogP contribution in [0.2, 0.25) is 0 Å². The van der Waals surface area contributed by atoms with Crippen LogP contribution in [0, 0.1) is 5.92 Å². The molecule has 0 aliphatic carbocycles. The highest BCUT2D eigenvalue weighted by molar-refractivity contribution is 7.89. The number of ether oxygens (including phenoxy) is 1. The van der Waals surface area contributed by atoms with E-state index in [0.717, 1.165) is 6.42 Å². The first-order chi connectivity index (χ1) is 7.82. The maximum Gasteiger partial charge on any atom is 0.305 e. The van der Waals surface area contributed by atoms with Gasteiger partial charge in [-0.25, -0.2) is 13.1 Å². The number of rotatable bonds is 8. The van der Waals surface area contributed by atoms with Crippen molar-refractivity contribution in [3.05, 3.63) is 0 Å². The zero-order valence-corrected chi connectivity index (χ0v) is 11.8. The summed E-state index contributed by atoms with van der Waals surface area (Å²) >= 11 is 0. The fourth-order valence-electron chi connectivity index (χ4n) is 1.32. The highest BCUT2D eigenvalue weighted by atomic mass is 32.2. The quantitative estimate of drug-likeness (QED) is 0.671. The van der Waals surface area contributed by atoms with Gasteiger partial charge in [-0.3, -0.25) is 4.79 Å². The fourth-order valence-corrected chi connectivity index (χ4v) is 2.76. The smallest absolute Gasteiger partial charge is 0.305 e. The average Bonchev–Trinajstić information content (AvgIpc) is 2.26.